The van der Waals surface area contributed by atoms with Crippen LogP contribution in [0.2, 0.25) is 0 Å². The van der Waals surface area contributed by atoms with Gasteiger partial charge in [0, 0.05) is 19.2 Å². The molecule has 0 aliphatic rings. The van der Waals surface area contributed by atoms with Crippen molar-refractivity contribution in [1.82, 2.24) is 15.1 Å². The van der Waals surface area contributed by atoms with Gasteiger partial charge in [-0.3, -0.25) is 15.0 Å². The van der Waals surface area contributed by atoms with Crippen molar-refractivity contribution in [3.63, 3.8) is 0 Å². The van der Waals surface area contributed by atoms with Gasteiger partial charge >= 0.3 is 0 Å². The van der Waals surface area contributed by atoms with E-state index < -0.39 is 0 Å². The quantitative estimate of drug-likeness (QED) is 0.845. The molecule has 22 heavy (non-hydrogen) atoms. The number of aromatic nitrogens is 2. The Kier molecular flexibility index (Phi) is 6.00. The lowest BCUT2D eigenvalue weighted by Crippen LogP contribution is -2.32. The van der Waals surface area contributed by atoms with Gasteiger partial charge in [0.25, 0.3) is 0 Å². The number of likely N-dealkylation sites (N-methyl/N-ethyl adjacent to an activating group) is 1. The van der Waals surface area contributed by atoms with Crippen LogP contribution in [0.3, 0.4) is 0 Å². The predicted octanol–water partition coefficient (Wildman–Crippen LogP) is 2.03. The van der Waals surface area contributed by atoms with Crippen LogP contribution in [0.15, 0.2) is 24.3 Å². The van der Waals surface area contributed by atoms with Crippen molar-refractivity contribution in [3.8, 4) is 10.6 Å². The minimum atomic E-state index is -0.106. The molecule has 0 saturated carbocycles. The first-order valence-electron chi connectivity index (χ1n) is 6.96. The lowest BCUT2D eigenvalue weighted by molar-refractivity contribution is -0.117. The van der Waals surface area contributed by atoms with Crippen LogP contribution in [0.1, 0.15) is 5.56 Å². The Morgan fingerprint density at radius 3 is 2.73 bits per heavy atom. The second-order valence-electron chi connectivity index (χ2n) is 5.06. The summed E-state index contributed by atoms with van der Waals surface area (Å²) in [4.78, 5) is 13.8. The van der Waals surface area contributed by atoms with Gasteiger partial charge in [-0.2, -0.15) is 0 Å². The SMILES string of the molecule is COCCN(C)CC(=O)Nc1nnc(-c2ccc(C)cc2)s1. The van der Waals surface area contributed by atoms with Crippen LogP contribution in [0, 0.1) is 6.92 Å². The summed E-state index contributed by atoms with van der Waals surface area (Å²) in [5.41, 5.74) is 2.20. The summed E-state index contributed by atoms with van der Waals surface area (Å²) in [5.74, 6) is -0.106. The van der Waals surface area contributed by atoms with E-state index in [2.05, 4.69) is 15.5 Å². The summed E-state index contributed by atoms with van der Waals surface area (Å²) < 4.78 is 4.98. The van der Waals surface area contributed by atoms with Crippen molar-refractivity contribution in [2.24, 2.45) is 0 Å². The molecule has 1 N–H and O–H groups in total. The molecule has 0 fully saturated rings. The molecule has 118 valence electrons. The number of carbonyl (C=O) groups is 1. The van der Waals surface area contributed by atoms with Gasteiger partial charge in [0.05, 0.1) is 13.2 Å². The molecule has 0 radical (unpaired) electrons. The third-order valence-electron chi connectivity index (χ3n) is 3.06. The van der Waals surface area contributed by atoms with E-state index in [1.807, 2.05) is 43.1 Å². The Bertz CT molecular complexity index is 612. The van der Waals surface area contributed by atoms with Gasteiger partial charge in [-0.05, 0) is 14.0 Å². The van der Waals surface area contributed by atoms with Crippen molar-refractivity contribution in [1.29, 1.82) is 0 Å². The Morgan fingerprint density at radius 2 is 2.05 bits per heavy atom. The van der Waals surface area contributed by atoms with Crippen LogP contribution in [-0.2, 0) is 9.53 Å². The number of ether oxygens (including phenoxy) is 1. The highest BCUT2D eigenvalue weighted by molar-refractivity contribution is 7.18. The van der Waals surface area contributed by atoms with Gasteiger partial charge in [-0.1, -0.05) is 41.2 Å². The van der Waals surface area contributed by atoms with Crippen molar-refractivity contribution in [2.75, 3.05) is 39.2 Å². The van der Waals surface area contributed by atoms with E-state index in [1.54, 1.807) is 7.11 Å². The Hall–Kier alpha value is -1.83. The van der Waals surface area contributed by atoms with Crippen molar-refractivity contribution in [2.45, 2.75) is 6.92 Å². The zero-order valence-electron chi connectivity index (χ0n) is 13.0. The molecule has 0 saturated heterocycles. The Labute approximate surface area is 134 Å². The first kappa shape index (κ1) is 16.5. The van der Waals surface area contributed by atoms with Crippen LogP contribution in [0.25, 0.3) is 10.6 Å². The highest BCUT2D eigenvalue weighted by Gasteiger charge is 2.11. The highest BCUT2D eigenvalue weighted by atomic mass is 32.1. The summed E-state index contributed by atoms with van der Waals surface area (Å²) in [6.07, 6.45) is 0. The lowest BCUT2D eigenvalue weighted by Gasteiger charge is -2.14. The second-order valence-corrected chi connectivity index (χ2v) is 6.03. The Morgan fingerprint density at radius 1 is 1.32 bits per heavy atom. The van der Waals surface area contributed by atoms with E-state index in [0.29, 0.717) is 24.8 Å². The fourth-order valence-electron chi connectivity index (χ4n) is 1.82. The predicted molar refractivity (Wildman–Crippen MR) is 88.1 cm³/mol. The van der Waals surface area contributed by atoms with Crippen LogP contribution in [-0.4, -0.2) is 54.9 Å². The van der Waals surface area contributed by atoms with Crippen LogP contribution in [0.4, 0.5) is 5.13 Å². The van der Waals surface area contributed by atoms with Crippen molar-refractivity contribution in [3.05, 3.63) is 29.8 Å². The molecule has 6 nitrogen and oxygen atoms in total. The van der Waals surface area contributed by atoms with E-state index >= 15 is 0 Å². The maximum absolute atomic E-state index is 11.9. The average Bonchev–Trinajstić information content (AvgIpc) is 2.94. The molecule has 0 aliphatic heterocycles. The fraction of sp³-hybridized carbons (Fsp3) is 0.400. The lowest BCUT2D eigenvalue weighted by atomic mass is 10.2. The second kappa shape index (κ2) is 7.98. The van der Waals surface area contributed by atoms with E-state index in [9.17, 15) is 4.79 Å². The smallest absolute Gasteiger partial charge is 0.240 e. The number of aryl methyl sites for hydroxylation is 1. The number of carbonyl (C=O) groups excluding carboxylic acids is 1. The van der Waals surface area contributed by atoms with Gasteiger partial charge in [-0.25, -0.2) is 0 Å². The minimum Gasteiger partial charge on any atom is -0.383 e. The number of anilines is 1. The highest BCUT2D eigenvalue weighted by Crippen LogP contribution is 2.26. The topological polar surface area (TPSA) is 67.3 Å². The number of hydrogen-bond acceptors (Lipinski definition) is 6. The van der Waals surface area contributed by atoms with Gasteiger partial charge in [0.15, 0.2) is 0 Å². The number of hydrogen-bond donors (Lipinski definition) is 1. The number of benzene rings is 1. The zero-order chi connectivity index (χ0) is 15.9. The maximum Gasteiger partial charge on any atom is 0.240 e. The molecule has 1 amide bonds. The summed E-state index contributed by atoms with van der Waals surface area (Å²) in [7, 11) is 3.51. The molecule has 0 bridgehead atoms. The Balaban J connectivity index is 1.91. The number of rotatable bonds is 7. The fourth-order valence-corrected chi connectivity index (χ4v) is 2.58. The molecule has 1 aromatic heterocycles. The van der Waals surface area contributed by atoms with Gasteiger partial charge in [-0.15, -0.1) is 10.2 Å². The van der Waals surface area contributed by atoms with Gasteiger partial charge < -0.3 is 4.74 Å². The van der Waals surface area contributed by atoms with Crippen molar-refractivity contribution < 1.29 is 9.53 Å². The van der Waals surface area contributed by atoms with E-state index in [0.717, 1.165) is 10.6 Å². The van der Waals surface area contributed by atoms with E-state index in [4.69, 9.17) is 4.74 Å². The first-order valence-corrected chi connectivity index (χ1v) is 7.78. The van der Waals surface area contributed by atoms with Crippen LogP contribution in [0.5, 0.6) is 0 Å². The largest absolute Gasteiger partial charge is 0.383 e. The van der Waals surface area contributed by atoms with E-state index in [-0.39, 0.29) is 5.91 Å². The van der Waals surface area contributed by atoms with E-state index in [1.165, 1.54) is 16.9 Å². The van der Waals surface area contributed by atoms with Crippen LogP contribution < -0.4 is 5.32 Å². The monoisotopic (exact) mass is 320 g/mol. The molecule has 0 atom stereocenters. The van der Waals surface area contributed by atoms with Crippen molar-refractivity contribution >= 4 is 22.4 Å². The number of nitrogens with one attached hydrogen (secondary N) is 1. The third-order valence-corrected chi connectivity index (χ3v) is 3.95. The number of amides is 1. The standard InChI is InChI=1S/C15H20N4O2S/c1-11-4-6-12(7-5-11)14-17-18-15(22-14)16-13(20)10-19(2)8-9-21-3/h4-7H,8-10H2,1-3H3,(H,16,18,20). The third kappa shape index (κ3) is 4.87. The summed E-state index contributed by atoms with van der Waals surface area (Å²) >= 11 is 1.37. The minimum absolute atomic E-state index is 0.106. The van der Waals surface area contributed by atoms with Gasteiger partial charge in [0.2, 0.25) is 11.0 Å². The number of methoxy groups -OCH3 is 1. The first-order chi connectivity index (χ1) is 10.6. The van der Waals surface area contributed by atoms with Gasteiger partial charge in [0.1, 0.15) is 5.01 Å². The molecule has 2 aromatic rings. The molecule has 0 spiro atoms. The maximum atomic E-state index is 11.9. The summed E-state index contributed by atoms with van der Waals surface area (Å²) in [5, 5.41) is 12.2. The molecule has 1 heterocycles. The average molecular weight is 320 g/mol. The molecule has 1 aromatic carbocycles. The molecular weight excluding hydrogens is 300 g/mol. The van der Waals surface area contributed by atoms with Crippen LogP contribution >= 0.6 is 11.3 Å². The zero-order valence-corrected chi connectivity index (χ0v) is 13.8. The molecular formula is C15H20N4O2S. The normalized spacial score (nSPS) is 10.9. The molecule has 7 heteroatoms. The summed E-state index contributed by atoms with van der Waals surface area (Å²) in [6.45, 7) is 3.63. The molecule has 0 unspecified atom stereocenters. The summed E-state index contributed by atoms with van der Waals surface area (Å²) in [6, 6.07) is 8.06. The molecule has 2 rings (SSSR count). The molecule has 0 aliphatic carbocycles. The number of nitrogens with zero attached hydrogens (tertiary/aromatic N) is 3.